The molecule has 152 valence electrons. The molecule has 1 aliphatic rings. The lowest BCUT2D eigenvalue weighted by atomic mass is 10.2. The molecule has 0 bridgehead atoms. The Morgan fingerprint density at radius 1 is 1.21 bits per heavy atom. The van der Waals surface area contributed by atoms with Crippen molar-refractivity contribution in [2.45, 2.75) is 13.8 Å². The van der Waals surface area contributed by atoms with Gasteiger partial charge in [-0.15, -0.1) is 0 Å². The molecule has 7 heteroatoms. The highest BCUT2D eigenvalue weighted by Crippen LogP contribution is 2.19. The first-order valence-corrected chi connectivity index (χ1v) is 10.1. The molecule has 1 N–H and O–H groups in total. The van der Waals surface area contributed by atoms with E-state index >= 15 is 0 Å². The van der Waals surface area contributed by atoms with Crippen LogP contribution in [-0.2, 0) is 0 Å². The number of aryl methyl sites for hydroxylation is 1. The van der Waals surface area contributed by atoms with Gasteiger partial charge in [-0.05, 0) is 37.6 Å². The second kappa shape index (κ2) is 9.78. The third kappa shape index (κ3) is 4.96. The lowest BCUT2D eigenvalue weighted by molar-refractivity contribution is 0.194. The normalized spacial score (nSPS) is 13.7. The molecule has 2 aromatic rings. The van der Waals surface area contributed by atoms with Gasteiger partial charge in [-0.25, -0.2) is 9.78 Å². The fourth-order valence-corrected chi connectivity index (χ4v) is 3.63. The molecule has 1 aliphatic heterocycles. The molecule has 0 unspecified atom stereocenters. The molecule has 1 aromatic heterocycles. The van der Waals surface area contributed by atoms with Crippen molar-refractivity contribution in [2.75, 3.05) is 55.6 Å². The number of aromatic nitrogens is 1. The van der Waals surface area contributed by atoms with Gasteiger partial charge in [-0.2, -0.15) is 5.26 Å². The Morgan fingerprint density at radius 3 is 2.66 bits per heavy atom. The summed E-state index contributed by atoms with van der Waals surface area (Å²) in [5, 5.41) is 12.3. The number of anilines is 2. The maximum absolute atomic E-state index is 12.5. The maximum atomic E-state index is 12.5. The molecule has 0 aliphatic carbocycles. The molecule has 3 rings (SSSR count). The minimum atomic E-state index is -0.0352. The lowest BCUT2D eigenvalue weighted by Crippen LogP contribution is -2.53. The van der Waals surface area contributed by atoms with Crippen molar-refractivity contribution >= 4 is 17.5 Å². The zero-order valence-electron chi connectivity index (χ0n) is 17.1. The second-order valence-corrected chi connectivity index (χ2v) is 7.06. The van der Waals surface area contributed by atoms with Crippen molar-refractivity contribution in [1.82, 2.24) is 15.2 Å². The number of hydrogen-bond acceptors (Lipinski definition) is 5. The summed E-state index contributed by atoms with van der Waals surface area (Å²) < 4.78 is 0. The number of para-hydroxylation sites is 1. The highest BCUT2D eigenvalue weighted by Gasteiger charge is 2.23. The molecule has 0 radical (unpaired) electrons. The van der Waals surface area contributed by atoms with Gasteiger partial charge in [-0.1, -0.05) is 18.2 Å². The van der Waals surface area contributed by atoms with Crippen LogP contribution >= 0.6 is 0 Å². The number of amides is 2. The number of hydrogen-bond donors (Lipinski definition) is 1. The summed E-state index contributed by atoms with van der Waals surface area (Å²) in [7, 11) is 0. The average molecular weight is 393 g/mol. The summed E-state index contributed by atoms with van der Waals surface area (Å²) in [4.78, 5) is 23.1. The lowest BCUT2D eigenvalue weighted by Gasteiger charge is -2.35. The third-order valence-corrected chi connectivity index (χ3v) is 5.27. The Bertz CT molecular complexity index is 870. The number of rotatable bonds is 6. The van der Waals surface area contributed by atoms with Gasteiger partial charge in [0.15, 0.2) is 0 Å². The minimum absolute atomic E-state index is 0.0352. The van der Waals surface area contributed by atoms with Crippen LogP contribution in [0.25, 0.3) is 0 Å². The summed E-state index contributed by atoms with van der Waals surface area (Å²) in [6.07, 6.45) is 1.70. The quantitative estimate of drug-likeness (QED) is 0.818. The van der Waals surface area contributed by atoms with E-state index in [-0.39, 0.29) is 6.03 Å². The third-order valence-electron chi connectivity index (χ3n) is 5.27. The number of likely N-dealkylation sites (N-methyl/N-ethyl adjacent to an activating group) is 1. The molecular weight excluding hydrogens is 364 g/mol. The summed E-state index contributed by atoms with van der Waals surface area (Å²) in [6.45, 7) is 9.06. The zero-order chi connectivity index (χ0) is 20.6. The summed E-state index contributed by atoms with van der Waals surface area (Å²) in [6, 6.07) is 14.0. The SMILES string of the molecule is CCN(CCNC(=O)N1CCN(c2ncccc2C#N)CC1)c1ccccc1C. The number of urea groups is 1. The Kier molecular flexibility index (Phi) is 6.90. The standard InChI is InChI=1S/C22H28N6O/c1-3-26(20-9-5-4-7-18(20)2)12-11-25-22(29)28-15-13-27(14-16-28)21-19(17-23)8-6-10-24-21/h4-10H,3,11-16H2,1-2H3,(H,25,29). The minimum Gasteiger partial charge on any atom is -0.370 e. The van der Waals surface area contributed by atoms with E-state index in [4.69, 9.17) is 0 Å². The van der Waals surface area contributed by atoms with Crippen molar-refractivity contribution in [3.05, 3.63) is 53.7 Å². The molecule has 1 saturated heterocycles. The van der Waals surface area contributed by atoms with Crippen molar-refractivity contribution in [3.63, 3.8) is 0 Å². The maximum Gasteiger partial charge on any atom is 0.317 e. The number of carbonyl (C=O) groups excluding carboxylic acids is 1. The molecule has 0 spiro atoms. The fraction of sp³-hybridized carbons (Fsp3) is 0.409. The smallest absolute Gasteiger partial charge is 0.317 e. The summed E-state index contributed by atoms with van der Waals surface area (Å²) in [5.41, 5.74) is 3.02. The predicted octanol–water partition coefficient (Wildman–Crippen LogP) is 2.62. The molecule has 2 heterocycles. The van der Waals surface area contributed by atoms with E-state index in [0.717, 1.165) is 13.1 Å². The average Bonchev–Trinajstić information content (AvgIpc) is 2.77. The Morgan fingerprint density at radius 2 is 1.97 bits per heavy atom. The van der Waals surface area contributed by atoms with Gasteiger partial charge in [-0.3, -0.25) is 0 Å². The van der Waals surface area contributed by atoms with Gasteiger partial charge in [0.05, 0.1) is 5.56 Å². The molecule has 29 heavy (non-hydrogen) atoms. The van der Waals surface area contributed by atoms with E-state index < -0.39 is 0 Å². The number of nitrogens with zero attached hydrogens (tertiary/aromatic N) is 5. The number of benzene rings is 1. The van der Waals surface area contributed by atoms with E-state index in [1.165, 1.54) is 11.3 Å². The number of nitriles is 1. The summed E-state index contributed by atoms with van der Waals surface area (Å²) >= 11 is 0. The molecule has 0 saturated carbocycles. The zero-order valence-corrected chi connectivity index (χ0v) is 17.1. The Labute approximate surface area is 172 Å². The molecule has 1 fully saturated rings. The number of carbonyl (C=O) groups is 1. The highest BCUT2D eigenvalue weighted by molar-refractivity contribution is 5.74. The molecule has 2 amide bonds. The topological polar surface area (TPSA) is 75.5 Å². The molecule has 0 atom stereocenters. The van der Waals surface area contributed by atoms with Crippen LogP contribution in [0, 0.1) is 18.3 Å². The van der Waals surface area contributed by atoms with E-state index in [0.29, 0.717) is 44.1 Å². The van der Waals surface area contributed by atoms with E-state index in [1.807, 2.05) is 17.0 Å². The van der Waals surface area contributed by atoms with Crippen LogP contribution in [0.1, 0.15) is 18.1 Å². The van der Waals surface area contributed by atoms with Crippen molar-refractivity contribution in [3.8, 4) is 6.07 Å². The van der Waals surface area contributed by atoms with Crippen molar-refractivity contribution in [2.24, 2.45) is 0 Å². The first-order chi connectivity index (χ1) is 14.1. The molecule has 7 nitrogen and oxygen atoms in total. The fourth-order valence-electron chi connectivity index (χ4n) is 3.63. The van der Waals surface area contributed by atoms with Crippen LogP contribution in [-0.4, -0.2) is 61.7 Å². The van der Waals surface area contributed by atoms with Gasteiger partial charge >= 0.3 is 6.03 Å². The van der Waals surface area contributed by atoms with Crippen LogP contribution in [0.5, 0.6) is 0 Å². The van der Waals surface area contributed by atoms with Crippen LogP contribution in [0.4, 0.5) is 16.3 Å². The first kappa shape index (κ1) is 20.5. The Hall–Kier alpha value is -3.27. The van der Waals surface area contributed by atoms with Crippen LogP contribution < -0.4 is 15.1 Å². The van der Waals surface area contributed by atoms with Crippen molar-refractivity contribution in [1.29, 1.82) is 5.26 Å². The highest BCUT2D eigenvalue weighted by atomic mass is 16.2. The largest absolute Gasteiger partial charge is 0.370 e. The summed E-state index contributed by atoms with van der Waals surface area (Å²) in [5.74, 6) is 0.701. The monoisotopic (exact) mass is 392 g/mol. The first-order valence-electron chi connectivity index (χ1n) is 10.1. The predicted molar refractivity (Wildman–Crippen MR) is 115 cm³/mol. The van der Waals surface area contributed by atoms with Gasteiger partial charge in [0.25, 0.3) is 0 Å². The Balaban J connectivity index is 1.48. The van der Waals surface area contributed by atoms with Gasteiger partial charge in [0.1, 0.15) is 11.9 Å². The van der Waals surface area contributed by atoms with Crippen LogP contribution in [0.15, 0.2) is 42.6 Å². The van der Waals surface area contributed by atoms with Crippen LogP contribution in [0.2, 0.25) is 0 Å². The number of piperazine rings is 1. The molecule has 1 aromatic carbocycles. The number of nitrogens with one attached hydrogen (secondary N) is 1. The van der Waals surface area contributed by atoms with Gasteiger partial charge < -0.3 is 20.0 Å². The van der Waals surface area contributed by atoms with Gasteiger partial charge in [0.2, 0.25) is 0 Å². The number of pyridine rings is 1. The van der Waals surface area contributed by atoms with Crippen LogP contribution in [0.3, 0.4) is 0 Å². The van der Waals surface area contributed by atoms with Gasteiger partial charge in [0, 0.05) is 57.7 Å². The van der Waals surface area contributed by atoms with E-state index in [9.17, 15) is 10.1 Å². The van der Waals surface area contributed by atoms with E-state index in [1.54, 1.807) is 18.3 Å². The molecular formula is C22H28N6O. The van der Waals surface area contributed by atoms with E-state index in [2.05, 4.69) is 52.2 Å². The second-order valence-electron chi connectivity index (χ2n) is 7.06. The van der Waals surface area contributed by atoms with Crippen molar-refractivity contribution < 1.29 is 4.79 Å².